The highest BCUT2D eigenvalue weighted by atomic mass is 35.5. The molecule has 0 aliphatic carbocycles. The van der Waals surface area contributed by atoms with Gasteiger partial charge in [0.25, 0.3) is 0 Å². The van der Waals surface area contributed by atoms with Crippen molar-refractivity contribution in [3.63, 3.8) is 0 Å². The van der Waals surface area contributed by atoms with E-state index < -0.39 is 5.97 Å². The molecule has 21 heavy (non-hydrogen) atoms. The Morgan fingerprint density at radius 1 is 1.14 bits per heavy atom. The third-order valence-electron chi connectivity index (χ3n) is 2.68. The molecular formula is C16H13ClO4. The van der Waals surface area contributed by atoms with Gasteiger partial charge in [-0.2, -0.15) is 0 Å². The minimum Gasteiger partial charge on any atom is -0.504 e. The number of hydrogen-bond donors (Lipinski definition) is 2. The van der Waals surface area contributed by atoms with Crippen LogP contribution in [0, 0.1) is 0 Å². The molecule has 0 unspecified atom stereocenters. The molecule has 2 aromatic carbocycles. The van der Waals surface area contributed by atoms with Gasteiger partial charge in [-0.05, 0) is 41.5 Å². The van der Waals surface area contributed by atoms with Gasteiger partial charge in [-0.25, -0.2) is 4.79 Å². The number of carbonyl (C=O) groups excluding carboxylic acids is 1. The second kappa shape index (κ2) is 6.81. The highest BCUT2D eigenvalue weighted by Crippen LogP contribution is 2.25. The maximum absolute atomic E-state index is 11.7. The molecule has 0 atom stereocenters. The number of esters is 1. The molecule has 4 nitrogen and oxygen atoms in total. The van der Waals surface area contributed by atoms with Crippen molar-refractivity contribution in [1.82, 2.24) is 0 Å². The van der Waals surface area contributed by atoms with E-state index in [4.69, 9.17) is 16.3 Å². The Morgan fingerprint density at radius 2 is 1.95 bits per heavy atom. The molecule has 108 valence electrons. The molecule has 2 rings (SSSR count). The first-order valence-corrected chi connectivity index (χ1v) is 6.69. The number of phenolic OH excluding ortho intramolecular Hbond substituents is 2. The van der Waals surface area contributed by atoms with Crippen molar-refractivity contribution in [1.29, 1.82) is 0 Å². The van der Waals surface area contributed by atoms with Crippen molar-refractivity contribution < 1.29 is 19.7 Å². The SMILES string of the molecule is O=C(C=Cc1ccc(O)c(O)c1)Oc1cccc(CCl)c1. The van der Waals surface area contributed by atoms with Gasteiger partial charge in [0.2, 0.25) is 0 Å². The van der Waals surface area contributed by atoms with Gasteiger partial charge < -0.3 is 14.9 Å². The smallest absolute Gasteiger partial charge is 0.336 e. The van der Waals surface area contributed by atoms with E-state index in [0.29, 0.717) is 17.2 Å². The first-order valence-electron chi connectivity index (χ1n) is 6.15. The summed E-state index contributed by atoms with van der Waals surface area (Å²) in [6, 6.07) is 11.2. The molecule has 0 radical (unpaired) electrons. The second-order valence-corrected chi connectivity index (χ2v) is 4.55. The monoisotopic (exact) mass is 304 g/mol. The van der Waals surface area contributed by atoms with Gasteiger partial charge in [-0.1, -0.05) is 18.2 Å². The molecule has 5 heteroatoms. The number of alkyl halides is 1. The summed E-state index contributed by atoms with van der Waals surface area (Å²) in [4.78, 5) is 11.7. The number of halogens is 1. The van der Waals surface area contributed by atoms with Crippen LogP contribution in [0.4, 0.5) is 0 Å². The summed E-state index contributed by atoms with van der Waals surface area (Å²) in [5.74, 6) is -0.257. The second-order valence-electron chi connectivity index (χ2n) is 4.28. The zero-order valence-electron chi connectivity index (χ0n) is 11.0. The van der Waals surface area contributed by atoms with Gasteiger partial charge >= 0.3 is 5.97 Å². The fourth-order valence-corrected chi connectivity index (χ4v) is 1.82. The number of carbonyl (C=O) groups is 1. The number of rotatable bonds is 4. The lowest BCUT2D eigenvalue weighted by atomic mass is 10.2. The highest BCUT2D eigenvalue weighted by Gasteiger charge is 2.02. The van der Waals surface area contributed by atoms with Crippen molar-refractivity contribution in [2.24, 2.45) is 0 Å². The van der Waals surface area contributed by atoms with Gasteiger partial charge in [0, 0.05) is 12.0 Å². The van der Waals surface area contributed by atoms with E-state index in [1.807, 2.05) is 6.07 Å². The van der Waals surface area contributed by atoms with Crippen LogP contribution in [0.25, 0.3) is 6.08 Å². The van der Waals surface area contributed by atoms with Gasteiger partial charge in [-0.3, -0.25) is 0 Å². The minimum absolute atomic E-state index is 0.215. The zero-order chi connectivity index (χ0) is 15.2. The molecule has 0 fully saturated rings. The molecule has 0 bridgehead atoms. The van der Waals surface area contributed by atoms with E-state index in [1.165, 1.54) is 24.3 Å². The molecule has 0 amide bonds. The van der Waals surface area contributed by atoms with Crippen molar-refractivity contribution >= 4 is 23.6 Å². The van der Waals surface area contributed by atoms with E-state index >= 15 is 0 Å². The Kier molecular flexibility index (Phi) is 4.85. The van der Waals surface area contributed by atoms with Gasteiger partial charge in [0.15, 0.2) is 11.5 Å². The molecule has 2 aromatic rings. The lowest BCUT2D eigenvalue weighted by molar-refractivity contribution is -0.128. The summed E-state index contributed by atoms with van der Waals surface area (Å²) in [5, 5.41) is 18.5. The predicted octanol–water partition coefficient (Wildman–Crippen LogP) is 3.46. The third kappa shape index (κ3) is 4.26. The quantitative estimate of drug-likeness (QED) is 0.298. The predicted molar refractivity (Wildman–Crippen MR) is 80.4 cm³/mol. The maximum Gasteiger partial charge on any atom is 0.336 e. The lowest BCUT2D eigenvalue weighted by Gasteiger charge is -2.03. The van der Waals surface area contributed by atoms with Crippen molar-refractivity contribution in [2.75, 3.05) is 0 Å². The Labute approximate surface area is 126 Å². The number of benzene rings is 2. The van der Waals surface area contributed by atoms with Crippen LogP contribution in [0.5, 0.6) is 17.2 Å². The molecule has 0 heterocycles. The molecule has 2 N–H and O–H groups in total. The number of ether oxygens (including phenoxy) is 1. The largest absolute Gasteiger partial charge is 0.504 e. The van der Waals surface area contributed by atoms with Crippen LogP contribution in [0.15, 0.2) is 48.5 Å². The van der Waals surface area contributed by atoms with E-state index in [-0.39, 0.29) is 11.5 Å². The summed E-state index contributed by atoms with van der Waals surface area (Å²) in [7, 11) is 0. The van der Waals surface area contributed by atoms with Crippen LogP contribution < -0.4 is 4.74 Å². The van der Waals surface area contributed by atoms with Crippen LogP contribution in [0.2, 0.25) is 0 Å². The standard InChI is InChI=1S/C16H13ClO4/c17-10-12-2-1-3-13(8-12)21-16(20)7-5-11-4-6-14(18)15(19)9-11/h1-9,18-19H,10H2. The topological polar surface area (TPSA) is 66.8 Å². The molecule has 0 saturated heterocycles. The van der Waals surface area contributed by atoms with Crippen molar-refractivity contribution in [2.45, 2.75) is 5.88 Å². The van der Waals surface area contributed by atoms with Crippen LogP contribution >= 0.6 is 11.6 Å². The molecule has 0 aliphatic heterocycles. The number of phenols is 2. The van der Waals surface area contributed by atoms with Crippen LogP contribution in [0.1, 0.15) is 11.1 Å². The van der Waals surface area contributed by atoms with E-state index in [1.54, 1.807) is 24.3 Å². The highest BCUT2D eigenvalue weighted by molar-refractivity contribution is 6.17. The van der Waals surface area contributed by atoms with E-state index in [0.717, 1.165) is 5.56 Å². The average molecular weight is 305 g/mol. The average Bonchev–Trinajstić information content (AvgIpc) is 2.48. The fourth-order valence-electron chi connectivity index (χ4n) is 1.65. The number of hydrogen-bond acceptors (Lipinski definition) is 4. The lowest BCUT2D eigenvalue weighted by Crippen LogP contribution is -2.03. The van der Waals surface area contributed by atoms with Crippen LogP contribution in [-0.2, 0) is 10.7 Å². The molecule has 0 aromatic heterocycles. The fraction of sp³-hybridized carbons (Fsp3) is 0.0625. The molecule has 0 aliphatic rings. The summed E-state index contributed by atoms with van der Waals surface area (Å²) in [5.41, 5.74) is 1.42. The van der Waals surface area contributed by atoms with Crippen LogP contribution in [0.3, 0.4) is 0 Å². The Hall–Kier alpha value is -2.46. The summed E-state index contributed by atoms with van der Waals surface area (Å²) in [6.45, 7) is 0. The maximum atomic E-state index is 11.7. The van der Waals surface area contributed by atoms with Crippen molar-refractivity contribution in [3.8, 4) is 17.2 Å². The van der Waals surface area contributed by atoms with Gasteiger partial charge in [0.05, 0.1) is 0 Å². The van der Waals surface area contributed by atoms with Crippen molar-refractivity contribution in [3.05, 3.63) is 59.7 Å². The Bertz CT molecular complexity index is 680. The van der Waals surface area contributed by atoms with Gasteiger partial charge in [0.1, 0.15) is 5.75 Å². The molecule has 0 spiro atoms. The van der Waals surface area contributed by atoms with Crippen LogP contribution in [-0.4, -0.2) is 16.2 Å². The van der Waals surface area contributed by atoms with Gasteiger partial charge in [-0.15, -0.1) is 11.6 Å². The number of aromatic hydroxyl groups is 2. The first-order chi connectivity index (χ1) is 10.1. The van der Waals surface area contributed by atoms with E-state index in [9.17, 15) is 15.0 Å². The normalized spacial score (nSPS) is 10.7. The Balaban J connectivity index is 2.03. The summed E-state index contributed by atoms with van der Waals surface area (Å²) < 4.78 is 5.14. The third-order valence-corrected chi connectivity index (χ3v) is 2.99. The molecular weight excluding hydrogens is 292 g/mol. The zero-order valence-corrected chi connectivity index (χ0v) is 11.7. The first kappa shape index (κ1) is 14.9. The molecule has 0 saturated carbocycles. The summed E-state index contributed by atoms with van der Waals surface area (Å²) in [6.07, 6.45) is 2.71. The summed E-state index contributed by atoms with van der Waals surface area (Å²) >= 11 is 5.71. The minimum atomic E-state index is -0.547. The Morgan fingerprint density at radius 3 is 2.67 bits per heavy atom. The van der Waals surface area contributed by atoms with E-state index in [2.05, 4.69) is 0 Å².